The van der Waals surface area contributed by atoms with Gasteiger partial charge in [-0.1, -0.05) is 27.3 Å². The van der Waals surface area contributed by atoms with Gasteiger partial charge in [-0.15, -0.1) is 11.8 Å². The first kappa shape index (κ1) is 23.8. The highest BCUT2D eigenvalue weighted by Gasteiger charge is 2.50. The molecule has 4 rings (SSSR count). The maximum Gasteiger partial charge on any atom is 0.409 e. The Bertz CT molecular complexity index is 1080. The van der Waals surface area contributed by atoms with Crippen LogP contribution in [0.25, 0.3) is 0 Å². The Morgan fingerprint density at radius 2 is 2.15 bits per heavy atom. The molecule has 12 heteroatoms. The minimum atomic E-state index is -0.359. The largest absolute Gasteiger partial charge is 0.465 e. The zero-order valence-corrected chi connectivity index (χ0v) is 21.3. The highest BCUT2D eigenvalue weighted by molar-refractivity contribution is 9.10. The summed E-state index contributed by atoms with van der Waals surface area (Å²) in [7, 11) is 1.37. The number of nitrogens with zero attached hydrogens (tertiary/aromatic N) is 3. The number of ether oxygens (including phenoxy) is 2. The highest BCUT2D eigenvalue weighted by atomic mass is 79.9. The zero-order chi connectivity index (χ0) is 23.6. The van der Waals surface area contributed by atoms with Crippen molar-refractivity contribution >= 4 is 67.9 Å². The molecule has 176 valence electrons. The number of thioether (sulfide) groups is 1. The van der Waals surface area contributed by atoms with E-state index < -0.39 is 0 Å². The van der Waals surface area contributed by atoms with Crippen molar-refractivity contribution in [2.75, 3.05) is 49.3 Å². The minimum absolute atomic E-state index is 0.191. The van der Waals surface area contributed by atoms with Crippen molar-refractivity contribution in [3.05, 3.63) is 34.4 Å². The highest BCUT2D eigenvalue weighted by Crippen LogP contribution is 2.47. The standard InChI is InChI=1S/C21H23BrN4O5S2/c1-3-31-16(27)10-32-17-9-23-18(33-17)24-19(28)26-12-21(6-7-25(11-21)20(29)30-2)14-8-13(22)4-5-15(14)26/h4-5,8-9H,3,6-7,10-12H2,1-2H3,(H,23,24,28)/t21-/m0/s1. The molecule has 1 atom stereocenters. The first-order valence-corrected chi connectivity index (χ1v) is 12.9. The van der Waals surface area contributed by atoms with Crippen LogP contribution >= 0.6 is 39.0 Å². The Balaban J connectivity index is 1.48. The summed E-state index contributed by atoms with van der Waals surface area (Å²) in [6.07, 6.45) is 2.01. The van der Waals surface area contributed by atoms with E-state index in [0.29, 0.717) is 31.4 Å². The van der Waals surface area contributed by atoms with E-state index in [9.17, 15) is 14.4 Å². The molecular weight excluding hydrogens is 532 g/mol. The van der Waals surface area contributed by atoms with E-state index in [1.165, 1.54) is 30.2 Å². The van der Waals surface area contributed by atoms with Gasteiger partial charge in [0.25, 0.3) is 0 Å². The number of anilines is 2. The van der Waals surface area contributed by atoms with Crippen LogP contribution in [0.3, 0.4) is 0 Å². The quantitative estimate of drug-likeness (QED) is 0.433. The Morgan fingerprint density at radius 1 is 1.33 bits per heavy atom. The van der Waals surface area contributed by atoms with Crippen molar-refractivity contribution in [1.82, 2.24) is 9.88 Å². The maximum atomic E-state index is 13.2. The summed E-state index contributed by atoms with van der Waals surface area (Å²) in [5.74, 6) is -0.0963. The van der Waals surface area contributed by atoms with Gasteiger partial charge in [-0.05, 0) is 37.1 Å². The Kier molecular flexibility index (Phi) is 7.15. The van der Waals surface area contributed by atoms with Crippen molar-refractivity contribution in [3.8, 4) is 0 Å². The number of thiazole rings is 1. The molecule has 1 aromatic heterocycles. The van der Waals surface area contributed by atoms with Crippen LogP contribution in [0.2, 0.25) is 0 Å². The number of fused-ring (bicyclic) bond motifs is 2. The molecule has 1 spiro atoms. The minimum Gasteiger partial charge on any atom is -0.465 e. The second-order valence-electron chi connectivity index (χ2n) is 7.68. The summed E-state index contributed by atoms with van der Waals surface area (Å²) in [5, 5.41) is 3.32. The van der Waals surface area contributed by atoms with Gasteiger partial charge < -0.3 is 14.4 Å². The molecule has 3 heterocycles. The number of amides is 3. The normalized spacial score (nSPS) is 19.0. The first-order valence-electron chi connectivity index (χ1n) is 10.3. The zero-order valence-electron chi connectivity index (χ0n) is 18.1. The van der Waals surface area contributed by atoms with Crippen molar-refractivity contribution in [2.24, 2.45) is 0 Å². The number of nitrogens with one attached hydrogen (secondary N) is 1. The van der Waals surface area contributed by atoms with Gasteiger partial charge >= 0.3 is 18.1 Å². The monoisotopic (exact) mass is 554 g/mol. The molecule has 33 heavy (non-hydrogen) atoms. The summed E-state index contributed by atoms with van der Waals surface area (Å²) in [5.41, 5.74) is 1.49. The van der Waals surface area contributed by atoms with E-state index in [4.69, 9.17) is 9.47 Å². The predicted octanol–water partition coefficient (Wildman–Crippen LogP) is 4.32. The average molecular weight is 555 g/mol. The van der Waals surface area contributed by atoms with E-state index in [0.717, 1.165) is 26.4 Å². The van der Waals surface area contributed by atoms with Gasteiger partial charge in [0.05, 0.1) is 29.9 Å². The van der Waals surface area contributed by atoms with Gasteiger partial charge in [-0.2, -0.15) is 0 Å². The van der Waals surface area contributed by atoms with Crippen LogP contribution in [-0.4, -0.2) is 67.1 Å². The van der Waals surface area contributed by atoms with Crippen molar-refractivity contribution in [2.45, 2.75) is 23.0 Å². The molecular formula is C21H23BrN4O5S2. The van der Waals surface area contributed by atoms with Crippen molar-refractivity contribution in [3.63, 3.8) is 0 Å². The maximum absolute atomic E-state index is 13.2. The third-order valence-corrected chi connectivity index (χ3v) is 8.22. The molecule has 0 unspecified atom stereocenters. The number of rotatable bonds is 5. The molecule has 0 bridgehead atoms. The number of hydrogen-bond donors (Lipinski definition) is 1. The van der Waals surface area contributed by atoms with E-state index in [2.05, 4.69) is 26.2 Å². The summed E-state index contributed by atoms with van der Waals surface area (Å²) in [6.45, 7) is 3.62. The lowest BCUT2D eigenvalue weighted by Gasteiger charge is -2.25. The number of aromatic nitrogens is 1. The van der Waals surface area contributed by atoms with E-state index in [1.54, 1.807) is 22.9 Å². The van der Waals surface area contributed by atoms with Gasteiger partial charge in [-0.3, -0.25) is 15.0 Å². The van der Waals surface area contributed by atoms with Crippen LogP contribution in [0.15, 0.2) is 33.1 Å². The lowest BCUT2D eigenvalue weighted by Crippen LogP contribution is -2.41. The fourth-order valence-corrected chi connectivity index (χ4v) is 6.23. The number of esters is 1. The molecule has 2 aliphatic rings. The molecule has 2 aliphatic heterocycles. The van der Waals surface area contributed by atoms with Gasteiger partial charge in [0, 0.05) is 35.2 Å². The molecule has 1 aromatic carbocycles. The van der Waals surface area contributed by atoms with Crippen LogP contribution in [0, 0.1) is 0 Å². The van der Waals surface area contributed by atoms with Gasteiger partial charge in [0.1, 0.15) is 0 Å². The lowest BCUT2D eigenvalue weighted by molar-refractivity contribution is -0.139. The number of benzene rings is 1. The summed E-state index contributed by atoms with van der Waals surface area (Å²) in [4.78, 5) is 44.5. The molecule has 3 amide bonds. The Labute approximate surface area is 207 Å². The average Bonchev–Trinajstić information content (AvgIpc) is 3.51. The summed E-state index contributed by atoms with van der Waals surface area (Å²) in [6, 6.07) is 5.55. The van der Waals surface area contributed by atoms with Crippen LogP contribution < -0.4 is 10.2 Å². The van der Waals surface area contributed by atoms with Crippen molar-refractivity contribution in [1.29, 1.82) is 0 Å². The molecule has 2 aromatic rings. The predicted molar refractivity (Wildman–Crippen MR) is 130 cm³/mol. The smallest absolute Gasteiger partial charge is 0.409 e. The molecule has 1 saturated heterocycles. The fraction of sp³-hybridized carbons (Fsp3) is 0.429. The van der Waals surface area contributed by atoms with Gasteiger partial charge in [0.15, 0.2) is 5.13 Å². The second-order valence-corrected chi connectivity index (χ2v) is 10.9. The number of methoxy groups -OCH3 is 1. The Hall–Kier alpha value is -2.31. The van der Waals surface area contributed by atoms with Gasteiger partial charge in [-0.25, -0.2) is 14.6 Å². The van der Waals surface area contributed by atoms with E-state index >= 15 is 0 Å². The lowest BCUT2D eigenvalue weighted by atomic mass is 9.82. The topological polar surface area (TPSA) is 101 Å². The van der Waals surface area contributed by atoms with E-state index in [-0.39, 0.29) is 29.3 Å². The number of likely N-dealkylation sites (tertiary alicyclic amines) is 1. The third-order valence-electron chi connectivity index (χ3n) is 5.65. The SMILES string of the molecule is CCOC(=O)CSc1cnc(NC(=O)N2C[C@@]3(CCN(C(=O)OC)C3)c3cc(Br)ccc32)s1. The molecule has 0 radical (unpaired) electrons. The number of hydrogen-bond acceptors (Lipinski definition) is 8. The summed E-state index contributed by atoms with van der Waals surface area (Å²) < 4.78 is 11.6. The molecule has 0 saturated carbocycles. The second kappa shape index (κ2) is 9.90. The molecule has 1 fully saturated rings. The summed E-state index contributed by atoms with van der Waals surface area (Å²) >= 11 is 6.16. The van der Waals surface area contributed by atoms with Crippen LogP contribution in [0.5, 0.6) is 0 Å². The Morgan fingerprint density at radius 3 is 2.91 bits per heavy atom. The number of carbonyl (C=O) groups is 3. The van der Waals surface area contributed by atoms with Gasteiger partial charge in [0.2, 0.25) is 0 Å². The van der Waals surface area contributed by atoms with Crippen LogP contribution in [0.4, 0.5) is 20.4 Å². The number of urea groups is 1. The van der Waals surface area contributed by atoms with Crippen LogP contribution in [-0.2, 0) is 19.7 Å². The van der Waals surface area contributed by atoms with Crippen molar-refractivity contribution < 1.29 is 23.9 Å². The van der Waals surface area contributed by atoms with Crippen LogP contribution in [0.1, 0.15) is 18.9 Å². The fourth-order valence-electron chi connectivity index (χ4n) is 4.20. The molecule has 9 nitrogen and oxygen atoms in total. The third kappa shape index (κ3) is 4.97. The molecule has 1 N–H and O–H groups in total. The van der Waals surface area contributed by atoms with E-state index in [1.807, 2.05) is 18.2 Å². The number of carbonyl (C=O) groups excluding carboxylic acids is 3. The molecule has 0 aliphatic carbocycles. The number of halogens is 1. The first-order chi connectivity index (χ1) is 15.8.